The average Bonchev–Trinajstić information content (AvgIpc) is 2.84. The molecule has 2 aromatic rings. The standard InChI is InChI=1S/C10H14N4OS/c1-6(2)8(7-4-3-5-16-7)12-10-14-13-9(11)15-10/h3-6,8H,1-2H3,(H2,11,13)(H,12,14). The second kappa shape index (κ2) is 4.52. The predicted octanol–water partition coefficient (Wildman–Crippen LogP) is 2.52. The van der Waals surface area contributed by atoms with E-state index in [1.807, 2.05) is 6.07 Å². The van der Waals surface area contributed by atoms with Crippen LogP contribution in [0, 0.1) is 5.92 Å². The molecule has 16 heavy (non-hydrogen) atoms. The van der Waals surface area contributed by atoms with E-state index in [4.69, 9.17) is 10.2 Å². The van der Waals surface area contributed by atoms with Crippen LogP contribution in [0.15, 0.2) is 21.9 Å². The molecule has 0 radical (unpaired) electrons. The third kappa shape index (κ3) is 2.33. The molecule has 0 saturated carbocycles. The zero-order valence-electron chi connectivity index (χ0n) is 9.18. The largest absolute Gasteiger partial charge is 0.390 e. The molecule has 1 atom stereocenters. The lowest BCUT2D eigenvalue weighted by atomic mass is 10.0. The number of aromatic nitrogens is 2. The van der Waals surface area contributed by atoms with Crippen molar-refractivity contribution in [1.29, 1.82) is 0 Å². The number of thiophene rings is 1. The molecule has 2 heterocycles. The SMILES string of the molecule is CC(C)C(Nc1nnc(N)o1)c1cccs1. The Kier molecular flexibility index (Phi) is 3.09. The second-order valence-corrected chi connectivity index (χ2v) is 4.81. The maximum atomic E-state index is 5.37. The first-order valence-electron chi connectivity index (χ1n) is 5.05. The third-order valence-electron chi connectivity index (χ3n) is 2.24. The maximum absolute atomic E-state index is 5.37. The Labute approximate surface area is 97.7 Å². The minimum atomic E-state index is 0.0798. The van der Waals surface area contributed by atoms with Crippen LogP contribution < -0.4 is 11.1 Å². The van der Waals surface area contributed by atoms with E-state index in [2.05, 4.69) is 40.8 Å². The van der Waals surface area contributed by atoms with Crippen LogP contribution >= 0.6 is 11.3 Å². The van der Waals surface area contributed by atoms with E-state index in [0.29, 0.717) is 11.9 Å². The highest BCUT2D eigenvalue weighted by Crippen LogP contribution is 2.29. The first-order chi connectivity index (χ1) is 7.66. The molecule has 0 aromatic carbocycles. The van der Waals surface area contributed by atoms with Gasteiger partial charge in [0.15, 0.2) is 0 Å². The van der Waals surface area contributed by atoms with E-state index < -0.39 is 0 Å². The summed E-state index contributed by atoms with van der Waals surface area (Å²) in [5.74, 6) is 0.423. The van der Waals surface area contributed by atoms with Gasteiger partial charge < -0.3 is 15.5 Å². The fourth-order valence-electron chi connectivity index (χ4n) is 1.46. The van der Waals surface area contributed by atoms with Crippen molar-refractivity contribution in [3.63, 3.8) is 0 Å². The molecule has 2 rings (SSSR count). The van der Waals surface area contributed by atoms with E-state index in [9.17, 15) is 0 Å². The molecule has 86 valence electrons. The highest BCUT2D eigenvalue weighted by atomic mass is 32.1. The molecular weight excluding hydrogens is 224 g/mol. The summed E-state index contributed by atoms with van der Waals surface area (Å²) in [4.78, 5) is 1.24. The van der Waals surface area contributed by atoms with Crippen LogP contribution in [0.3, 0.4) is 0 Å². The molecule has 0 saturated heterocycles. The number of hydrogen-bond acceptors (Lipinski definition) is 6. The quantitative estimate of drug-likeness (QED) is 0.855. The number of rotatable bonds is 4. The molecule has 0 fully saturated rings. The fraction of sp³-hybridized carbons (Fsp3) is 0.400. The minimum Gasteiger partial charge on any atom is -0.390 e. The van der Waals surface area contributed by atoms with Gasteiger partial charge in [-0.2, -0.15) is 0 Å². The summed E-state index contributed by atoms with van der Waals surface area (Å²) >= 11 is 1.70. The Bertz CT molecular complexity index is 437. The average molecular weight is 238 g/mol. The molecule has 6 heteroatoms. The first-order valence-corrected chi connectivity index (χ1v) is 5.93. The summed E-state index contributed by atoms with van der Waals surface area (Å²) in [6, 6.07) is 4.72. The molecule has 0 aliphatic heterocycles. The van der Waals surface area contributed by atoms with Crippen molar-refractivity contribution in [2.45, 2.75) is 19.9 Å². The Morgan fingerprint density at radius 1 is 1.44 bits per heavy atom. The van der Waals surface area contributed by atoms with Crippen molar-refractivity contribution in [2.75, 3.05) is 11.1 Å². The van der Waals surface area contributed by atoms with Gasteiger partial charge in [-0.3, -0.25) is 0 Å². The van der Waals surface area contributed by atoms with Gasteiger partial charge >= 0.3 is 12.0 Å². The lowest BCUT2D eigenvalue weighted by Gasteiger charge is -2.19. The van der Waals surface area contributed by atoms with E-state index >= 15 is 0 Å². The summed E-state index contributed by atoms with van der Waals surface area (Å²) in [7, 11) is 0. The van der Waals surface area contributed by atoms with Crippen molar-refractivity contribution >= 4 is 23.4 Å². The van der Waals surface area contributed by atoms with Crippen LogP contribution in [-0.2, 0) is 0 Å². The van der Waals surface area contributed by atoms with Crippen molar-refractivity contribution < 1.29 is 4.42 Å². The molecule has 2 aromatic heterocycles. The Morgan fingerprint density at radius 3 is 2.75 bits per heavy atom. The lowest BCUT2D eigenvalue weighted by molar-refractivity contribution is 0.515. The normalized spacial score (nSPS) is 12.9. The molecule has 0 aliphatic carbocycles. The van der Waals surface area contributed by atoms with Crippen LogP contribution in [0.5, 0.6) is 0 Å². The topological polar surface area (TPSA) is 77.0 Å². The number of nitrogens with one attached hydrogen (secondary N) is 1. The molecular formula is C10H14N4OS. The maximum Gasteiger partial charge on any atom is 0.317 e. The third-order valence-corrected chi connectivity index (χ3v) is 3.19. The monoisotopic (exact) mass is 238 g/mol. The molecule has 5 nitrogen and oxygen atoms in total. The van der Waals surface area contributed by atoms with Crippen molar-refractivity contribution in [3.8, 4) is 0 Å². The smallest absolute Gasteiger partial charge is 0.317 e. The van der Waals surface area contributed by atoms with Gasteiger partial charge in [-0.15, -0.1) is 11.3 Å². The molecule has 0 aliphatic rings. The summed E-state index contributed by atoms with van der Waals surface area (Å²) in [5.41, 5.74) is 5.37. The van der Waals surface area contributed by atoms with Gasteiger partial charge in [-0.05, 0) is 17.4 Å². The van der Waals surface area contributed by atoms with E-state index in [0.717, 1.165) is 0 Å². The van der Waals surface area contributed by atoms with Gasteiger partial charge in [-0.1, -0.05) is 30.1 Å². The van der Waals surface area contributed by atoms with Gasteiger partial charge in [0.25, 0.3) is 0 Å². The predicted molar refractivity (Wildman–Crippen MR) is 64.2 cm³/mol. The molecule has 0 bridgehead atoms. The molecule has 3 N–H and O–H groups in total. The summed E-state index contributed by atoms with van der Waals surface area (Å²) in [6.07, 6.45) is 0. The Morgan fingerprint density at radius 2 is 2.25 bits per heavy atom. The molecule has 0 amide bonds. The minimum absolute atomic E-state index is 0.0798. The Hall–Kier alpha value is -1.56. The number of nitrogen functional groups attached to an aromatic ring is 1. The van der Waals surface area contributed by atoms with E-state index in [-0.39, 0.29) is 12.1 Å². The van der Waals surface area contributed by atoms with Crippen molar-refractivity contribution in [1.82, 2.24) is 10.2 Å². The zero-order chi connectivity index (χ0) is 11.5. The highest BCUT2D eigenvalue weighted by molar-refractivity contribution is 7.10. The van der Waals surface area contributed by atoms with Crippen molar-refractivity contribution in [3.05, 3.63) is 22.4 Å². The number of hydrogen-bond donors (Lipinski definition) is 2. The number of anilines is 2. The van der Waals surface area contributed by atoms with Crippen LogP contribution in [0.2, 0.25) is 0 Å². The highest BCUT2D eigenvalue weighted by Gasteiger charge is 2.18. The first kappa shape index (κ1) is 10.9. The fourth-order valence-corrected chi connectivity index (χ4v) is 2.41. The van der Waals surface area contributed by atoms with Gasteiger partial charge in [-0.25, -0.2) is 0 Å². The van der Waals surface area contributed by atoms with Crippen LogP contribution in [0.4, 0.5) is 12.0 Å². The van der Waals surface area contributed by atoms with Gasteiger partial charge in [0, 0.05) is 4.88 Å². The lowest BCUT2D eigenvalue weighted by Crippen LogP contribution is -2.15. The van der Waals surface area contributed by atoms with Gasteiger partial charge in [0.05, 0.1) is 6.04 Å². The number of nitrogens with zero attached hydrogens (tertiary/aromatic N) is 2. The Balaban J connectivity index is 2.15. The summed E-state index contributed by atoms with van der Waals surface area (Å²) in [6.45, 7) is 4.27. The number of nitrogens with two attached hydrogens (primary N) is 1. The van der Waals surface area contributed by atoms with Crippen molar-refractivity contribution in [2.24, 2.45) is 5.92 Å². The van der Waals surface area contributed by atoms with E-state index in [1.54, 1.807) is 11.3 Å². The molecule has 1 unspecified atom stereocenters. The molecule has 0 spiro atoms. The van der Waals surface area contributed by atoms with Crippen LogP contribution in [0.25, 0.3) is 0 Å². The zero-order valence-corrected chi connectivity index (χ0v) is 9.99. The summed E-state index contributed by atoms with van der Waals surface area (Å²) in [5, 5.41) is 12.7. The summed E-state index contributed by atoms with van der Waals surface area (Å²) < 4.78 is 5.11. The van der Waals surface area contributed by atoms with Gasteiger partial charge in [0.1, 0.15) is 0 Å². The van der Waals surface area contributed by atoms with Crippen LogP contribution in [-0.4, -0.2) is 10.2 Å². The van der Waals surface area contributed by atoms with Gasteiger partial charge in [0.2, 0.25) is 0 Å². The van der Waals surface area contributed by atoms with E-state index in [1.165, 1.54) is 4.88 Å². The van der Waals surface area contributed by atoms with Crippen LogP contribution in [0.1, 0.15) is 24.8 Å². The second-order valence-electron chi connectivity index (χ2n) is 3.83.